The average molecular weight is 825 g/mol. The lowest BCUT2D eigenvalue weighted by Crippen LogP contribution is -2.11. The Balaban J connectivity index is 1.37. The molecule has 0 fully saturated rings. The van der Waals surface area contributed by atoms with Crippen LogP contribution in [0.1, 0.15) is 72.9 Å². The van der Waals surface area contributed by atoms with E-state index < -0.39 is 0 Å². The Kier molecular flexibility index (Phi) is 10.1. The zero-order valence-corrected chi connectivity index (χ0v) is 37.1. The second-order valence-corrected chi connectivity index (χ2v) is 17.7. The number of anilines is 6. The van der Waals surface area contributed by atoms with Crippen molar-refractivity contribution in [3.05, 3.63) is 203 Å². The molecule has 0 aromatic heterocycles. The van der Waals surface area contributed by atoms with Crippen LogP contribution in [0.4, 0.5) is 34.1 Å². The highest BCUT2D eigenvalue weighted by molar-refractivity contribution is 6.39. The van der Waals surface area contributed by atoms with Gasteiger partial charge in [-0.3, -0.25) is 0 Å². The van der Waals surface area contributed by atoms with E-state index in [9.17, 15) is 10.5 Å². The van der Waals surface area contributed by atoms with Gasteiger partial charge >= 0.3 is 0 Å². The van der Waals surface area contributed by atoms with E-state index in [1.165, 1.54) is 22.3 Å². The lowest BCUT2D eigenvalue weighted by molar-refractivity contribution is 0.866. The summed E-state index contributed by atoms with van der Waals surface area (Å²) in [6.45, 7) is 13.1. The normalized spacial score (nSPS) is 11.5. The Labute approximate surface area is 375 Å². The van der Waals surface area contributed by atoms with Crippen molar-refractivity contribution in [1.29, 1.82) is 10.5 Å². The number of fused-ring (bicyclic) bond motifs is 10. The average Bonchev–Trinajstić information content (AvgIpc) is 3.32. The van der Waals surface area contributed by atoms with E-state index >= 15 is 0 Å². The molecule has 0 amide bonds. The largest absolute Gasteiger partial charge is 0.310 e. The minimum Gasteiger partial charge on any atom is -0.310 e. The van der Waals surface area contributed by atoms with Gasteiger partial charge in [0.15, 0.2) is 0 Å². The molecule has 0 saturated carbocycles. The summed E-state index contributed by atoms with van der Waals surface area (Å²) in [7, 11) is 0. The summed E-state index contributed by atoms with van der Waals surface area (Å²) in [5.74, 6) is 0.806. The quantitative estimate of drug-likeness (QED) is 0.143. The maximum atomic E-state index is 10.6. The molecule has 0 N–H and O–H groups in total. The summed E-state index contributed by atoms with van der Waals surface area (Å²) in [5.41, 5.74) is 11.9. The van der Waals surface area contributed by atoms with Crippen molar-refractivity contribution in [2.45, 2.75) is 53.4 Å². The van der Waals surface area contributed by atoms with Crippen LogP contribution in [0.15, 0.2) is 170 Å². The summed E-state index contributed by atoms with van der Waals surface area (Å²) in [5, 5.41) is 31.7. The maximum Gasteiger partial charge on any atom is 0.101 e. The van der Waals surface area contributed by atoms with Gasteiger partial charge in [-0.2, -0.15) is 10.5 Å². The topological polar surface area (TPSA) is 54.1 Å². The molecule has 0 radical (unpaired) electrons. The lowest BCUT2D eigenvalue weighted by atomic mass is 9.86. The van der Waals surface area contributed by atoms with Crippen LogP contribution in [0.25, 0.3) is 53.9 Å². The number of hydrogen-bond donors (Lipinski definition) is 0. The predicted molar refractivity (Wildman–Crippen MR) is 270 cm³/mol. The molecular weight excluding hydrogens is 777 g/mol. The molecule has 10 rings (SSSR count). The summed E-state index contributed by atoms with van der Waals surface area (Å²) in [4.78, 5) is 4.73. The highest BCUT2D eigenvalue weighted by Crippen LogP contribution is 2.51. The van der Waals surface area contributed by atoms with Gasteiger partial charge in [-0.15, -0.1) is 0 Å². The van der Waals surface area contributed by atoms with Gasteiger partial charge in [-0.25, -0.2) is 0 Å². The van der Waals surface area contributed by atoms with Crippen molar-refractivity contribution in [1.82, 2.24) is 0 Å². The van der Waals surface area contributed by atoms with E-state index in [2.05, 4.69) is 221 Å². The maximum absolute atomic E-state index is 10.6. The van der Waals surface area contributed by atoms with Gasteiger partial charge in [0.25, 0.3) is 0 Å². The highest BCUT2D eigenvalue weighted by atomic mass is 15.1. The summed E-state index contributed by atoms with van der Waals surface area (Å²) < 4.78 is 0. The van der Waals surface area contributed by atoms with Crippen LogP contribution in [0.5, 0.6) is 0 Å². The van der Waals surface area contributed by atoms with Crippen molar-refractivity contribution in [3.63, 3.8) is 0 Å². The first-order chi connectivity index (χ1) is 31.1. The number of hydrogen-bond acceptors (Lipinski definition) is 4. The van der Waals surface area contributed by atoms with Gasteiger partial charge in [-0.1, -0.05) is 136 Å². The van der Waals surface area contributed by atoms with Crippen LogP contribution >= 0.6 is 0 Å². The van der Waals surface area contributed by atoms with Gasteiger partial charge in [0.1, 0.15) is 12.1 Å². The van der Waals surface area contributed by atoms with Crippen molar-refractivity contribution < 1.29 is 0 Å². The van der Waals surface area contributed by atoms with Gasteiger partial charge in [0.2, 0.25) is 0 Å². The number of rotatable bonds is 8. The minimum atomic E-state index is 0.359. The second-order valence-electron chi connectivity index (χ2n) is 17.7. The van der Waals surface area contributed by atoms with Gasteiger partial charge in [-0.05, 0) is 153 Å². The molecule has 0 atom stereocenters. The molecule has 0 aliphatic heterocycles. The molecule has 0 bridgehead atoms. The molecule has 308 valence electrons. The zero-order valence-electron chi connectivity index (χ0n) is 37.1. The molecule has 64 heavy (non-hydrogen) atoms. The van der Waals surface area contributed by atoms with Crippen molar-refractivity contribution in [3.8, 4) is 12.1 Å². The Morgan fingerprint density at radius 2 is 0.672 bits per heavy atom. The second kappa shape index (κ2) is 16.1. The van der Waals surface area contributed by atoms with Gasteiger partial charge in [0, 0.05) is 33.5 Å². The molecular formula is C60H48N4. The number of benzene rings is 10. The Bertz CT molecular complexity index is 3280. The van der Waals surface area contributed by atoms with E-state index in [0.29, 0.717) is 23.0 Å². The molecule has 0 saturated heterocycles. The van der Waals surface area contributed by atoms with Crippen molar-refractivity contribution in [2.75, 3.05) is 9.80 Å². The molecule has 0 aliphatic carbocycles. The lowest BCUT2D eigenvalue weighted by Gasteiger charge is -2.30. The van der Waals surface area contributed by atoms with Crippen molar-refractivity contribution >= 4 is 88.0 Å². The summed E-state index contributed by atoms with van der Waals surface area (Å²) >= 11 is 0. The molecule has 4 nitrogen and oxygen atoms in total. The predicted octanol–water partition coefficient (Wildman–Crippen LogP) is 17.0. The fourth-order valence-corrected chi connectivity index (χ4v) is 9.54. The SMILES string of the molecule is Cc1ccc(N(c2ccc(C(C)C)cc2)c2cc3c4cc(C#N)c(C#N)cc4c4cc(N(c5ccc(C)cc5)c5ccc(C(C)C)cc5)c5ccccc5c4c3c3ccccc23)cc1. The smallest absolute Gasteiger partial charge is 0.101 e. The molecule has 0 heterocycles. The highest BCUT2D eigenvalue weighted by Gasteiger charge is 2.25. The van der Waals surface area contributed by atoms with Crippen LogP contribution in [-0.4, -0.2) is 0 Å². The first kappa shape index (κ1) is 40.2. The third-order valence-electron chi connectivity index (χ3n) is 13.0. The Morgan fingerprint density at radius 1 is 0.359 bits per heavy atom. The Morgan fingerprint density at radius 3 is 0.984 bits per heavy atom. The van der Waals surface area contributed by atoms with Crippen molar-refractivity contribution in [2.24, 2.45) is 0 Å². The molecule has 4 heteroatoms. The first-order valence-corrected chi connectivity index (χ1v) is 22.2. The number of nitrogens with zero attached hydrogens (tertiary/aromatic N) is 4. The molecule has 0 unspecified atom stereocenters. The van der Waals surface area contributed by atoms with Crippen LogP contribution in [0.2, 0.25) is 0 Å². The number of aryl methyl sites for hydroxylation is 2. The van der Waals surface area contributed by atoms with E-state index in [0.717, 1.165) is 88.0 Å². The summed E-state index contributed by atoms with van der Waals surface area (Å²) in [6.07, 6.45) is 0. The minimum absolute atomic E-state index is 0.359. The van der Waals surface area contributed by atoms with E-state index in [1.807, 2.05) is 12.1 Å². The first-order valence-electron chi connectivity index (χ1n) is 22.2. The third-order valence-corrected chi connectivity index (χ3v) is 13.0. The standard InChI is InChI=1S/C60H48N4/c1-37(2)41-19-27-47(28-20-41)63(45-23-15-39(5)16-24-45)57-33-55-53-31-43(35-61)44(36-62)32-54(53)56-34-58(50-12-8-10-14-52(50)60(56)59(55)51-13-9-7-11-49(51)57)64(46-25-17-40(6)18-26-46)48-29-21-42(22-30-48)38(3)4/h7-34,37-38H,1-6H3. The third kappa shape index (κ3) is 6.76. The van der Waals surface area contributed by atoms with E-state index in [1.54, 1.807) is 0 Å². The summed E-state index contributed by atoms with van der Waals surface area (Å²) in [6, 6.07) is 66.1. The zero-order chi connectivity index (χ0) is 44.2. The van der Waals surface area contributed by atoms with Crippen LogP contribution in [-0.2, 0) is 0 Å². The van der Waals surface area contributed by atoms with E-state index in [-0.39, 0.29) is 0 Å². The Hall–Kier alpha value is -7.92. The molecule has 0 aliphatic rings. The number of nitriles is 2. The van der Waals surface area contributed by atoms with Gasteiger partial charge < -0.3 is 9.80 Å². The van der Waals surface area contributed by atoms with Crippen LogP contribution in [0, 0.1) is 36.5 Å². The molecule has 10 aromatic rings. The van der Waals surface area contributed by atoms with E-state index in [4.69, 9.17) is 0 Å². The van der Waals surface area contributed by atoms with Crippen LogP contribution < -0.4 is 9.80 Å². The monoisotopic (exact) mass is 824 g/mol. The van der Waals surface area contributed by atoms with Crippen LogP contribution in [0.3, 0.4) is 0 Å². The fraction of sp³-hybridized carbons (Fsp3) is 0.133. The molecule has 0 spiro atoms. The van der Waals surface area contributed by atoms with Gasteiger partial charge in [0.05, 0.1) is 22.5 Å². The molecule has 10 aromatic carbocycles. The fourth-order valence-electron chi connectivity index (χ4n) is 9.54.